The lowest BCUT2D eigenvalue weighted by Crippen LogP contribution is -2.53. The molecule has 9 nitrogen and oxygen atoms in total. The van der Waals surface area contributed by atoms with Crippen LogP contribution in [0.2, 0.25) is 5.02 Å². The number of aromatic nitrogens is 5. The zero-order valence-corrected chi connectivity index (χ0v) is 22.2. The van der Waals surface area contributed by atoms with Crippen molar-refractivity contribution in [1.29, 1.82) is 0 Å². The van der Waals surface area contributed by atoms with Crippen LogP contribution in [0.15, 0.2) is 42.7 Å². The molecule has 1 saturated heterocycles. The van der Waals surface area contributed by atoms with E-state index in [1.165, 1.54) is 19.3 Å². The second kappa shape index (κ2) is 11.1. The van der Waals surface area contributed by atoms with Gasteiger partial charge in [0.25, 0.3) is 0 Å². The quantitative estimate of drug-likeness (QED) is 0.233. The molecule has 5 atom stereocenters. The monoisotopic (exact) mass is 609 g/mol. The first-order valence-electron chi connectivity index (χ1n) is 12.3. The Hall–Kier alpha value is -3.87. The molecule has 0 amide bonds. The molecule has 0 radical (unpaired) electrons. The van der Waals surface area contributed by atoms with Gasteiger partial charge in [0.15, 0.2) is 5.82 Å². The average molecular weight is 610 g/mol. The van der Waals surface area contributed by atoms with Crippen LogP contribution in [0.5, 0.6) is 0 Å². The van der Waals surface area contributed by atoms with Gasteiger partial charge in [-0.1, -0.05) is 17.5 Å². The van der Waals surface area contributed by atoms with Crippen molar-refractivity contribution in [3.8, 4) is 29.2 Å². The van der Waals surface area contributed by atoms with Gasteiger partial charge in [0, 0.05) is 16.8 Å². The van der Waals surface area contributed by atoms with Crippen molar-refractivity contribution in [2.45, 2.75) is 43.6 Å². The number of ether oxygens (including phenoxy) is 1. The van der Waals surface area contributed by atoms with Crippen LogP contribution in [0, 0.1) is 30.9 Å². The molecule has 2 aromatic carbocycles. The summed E-state index contributed by atoms with van der Waals surface area (Å²) in [6, 6.07) is 3.48. The Morgan fingerprint density at radius 2 is 1.79 bits per heavy atom. The molecule has 42 heavy (non-hydrogen) atoms. The first-order chi connectivity index (χ1) is 19.8. The van der Waals surface area contributed by atoms with Crippen LogP contribution in [-0.4, -0.2) is 64.8 Å². The van der Waals surface area contributed by atoms with Crippen molar-refractivity contribution in [2.24, 2.45) is 0 Å². The predicted octanol–water partition coefficient (Wildman–Crippen LogP) is 3.77. The maximum absolute atomic E-state index is 14.3. The molecule has 3 N–H and O–H groups in total. The summed E-state index contributed by atoms with van der Waals surface area (Å²) in [6.45, 7) is 0.656. The molecule has 1 aliphatic heterocycles. The fourth-order valence-corrected chi connectivity index (χ4v) is 5.03. The van der Waals surface area contributed by atoms with E-state index in [2.05, 4.69) is 15.2 Å². The van der Waals surface area contributed by atoms with E-state index >= 15 is 0 Å². The smallest absolute Gasteiger partial charge is 0.394 e. The summed E-state index contributed by atoms with van der Waals surface area (Å²) in [4.78, 5) is 4.19. The van der Waals surface area contributed by atoms with Crippen LogP contribution in [0.1, 0.15) is 34.9 Å². The van der Waals surface area contributed by atoms with Gasteiger partial charge in [0.2, 0.25) is 0 Å². The molecule has 0 bridgehead atoms. The third-order valence-electron chi connectivity index (χ3n) is 6.80. The van der Waals surface area contributed by atoms with Gasteiger partial charge in [-0.15, -0.1) is 6.42 Å². The van der Waals surface area contributed by atoms with Gasteiger partial charge in [0.05, 0.1) is 29.6 Å². The molecule has 1 aliphatic rings. The number of hydrogen-bond donors (Lipinski definition) is 3. The lowest BCUT2D eigenvalue weighted by atomic mass is 9.92. The van der Waals surface area contributed by atoms with Crippen molar-refractivity contribution >= 4 is 11.6 Å². The summed E-state index contributed by atoms with van der Waals surface area (Å²) in [6.07, 6.45) is -3.36. The molecule has 0 spiro atoms. The number of aryl methyl sites for hydroxylation is 1. The SMILES string of the molecule is C#Cc1c(F)cc(-c2cnn(C3[C@@H](O)C(CO)O[C@@H](c4nc(C)nn4-c4cc(Cl)ccc4C(F)(F)F)[C@H]3O)c2)cc1F. The van der Waals surface area contributed by atoms with Crippen LogP contribution in [0.3, 0.4) is 0 Å². The van der Waals surface area contributed by atoms with Crippen molar-refractivity contribution in [1.82, 2.24) is 24.5 Å². The number of rotatable bonds is 5. The van der Waals surface area contributed by atoms with E-state index in [0.717, 1.165) is 39.7 Å². The number of hydrogen-bond acceptors (Lipinski definition) is 7. The maximum Gasteiger partial charge on any atom is 0.418 e. The summed E-state index contributed by atoms with van der Waals surface area (Å²) in [5, 5.41) is 40.5. The van der Waals surface area contributed by atoms with Crippen molar-refractivity contribution in [2.75, 3.05) is 6.61 Å². The summed E-state index contributed by atoms with van der Waals surface area (Å²) >= 11 is 6.00. The number of halogens is 6. The molecular formula is C27H21ClF5N5O4. The molecule has 5 rings (SSSR count). The molecule has 15 heteroatoms. The van der Waals surface area contributed by atoms with E-state index in [-0.39, 0.29) is 27.8 Å². The molecule has 0 aliphatic carbocycles. The van der Waals surface area contributed by atoms with E-state index in [4.69, 9.17) is 22.8 Å². The molecule has 4 aromatic rings. The highest BCUT2D eigenvalue weighted by Crippen LogP contribution is 2.41. The molecule has 0 saturated carbocycles. The van der Waals surface area contributed by atoms with Gasteiger partial charge in [-0.3, -0.25) is 4.68 Å². The van der Waals surface area contributed by atoms with Crippen molar-refractivity contribution in [3.05, 3.63) is 82.2 Å². The van der Waals surface area contributed by atoms with Crippen LogP contribution >= 0.6 is 11.6 Å². The predicted molar refractivity (Wildman–Crippen MR) is 137 cm³/mol. The van der Waals surface area contributed by atoms with Crippen LogP contribution in [0.4, 0.5) is 22.0 Å². The minimum absolute atomic E-state index is 0.0259. The van der Waals surface area contributed by atoms with E-state index in [1.807, 2.05) is 5.92 Å². The normalized spacial score (nSPS) is 22.7. The number of terminal acetylenes is 1. The lowest BCUT2D eigenvalue weighted by molar-refractivity contribution is -0.210. The number of aliphatic hydroxyl groups is 3. The Balaban J connectivity index is 1.58. The van der Waals surface area contributed by atoms with Crippen molar-refractivity contribution in [3.63, 3.8) is 0 Å². The van der Waals surface area contributed by atoms with Crippen LogP contribution in [0.25, 0.3) is 16.8 Å². The van der Waals surface area contributed by atoms with Crippen molar-refractivity contribution < 1.29 is 42.0 Å². The standard InChI is InChI=1S/C27H21ClF5N5O4/c1-3-16-18(29)6-13(7-19(16)30)14-9-34-37(10-14)22-23(40)21(11-39)42-25(24(22)41)26-35-12(2)36-38(26)20-8-15(28)4-5-17(20)27(31,32)33/h1,4-10,21-25,39-41H,11H2,2H3/t21?,22?,23-,24-,25+/m0/s1. The van der Waals surface area contributed by atoms with E-state index in [1.54, 1.807) is 0 Å². The first-order valence-corrected chi connectivity index (χ1v) is 12.6. The average Bonchev–Trinajstić information content (AvgIpc) is 3.55. The summed E-state index contributed by atoms with van der Waals surface area (Å²) in [7, 11) is 0. The lowest BCUT2D eigenvalue weighted by Gasteiger charge is -2.42. The van der Waals surface area contributed by atoms with Gasteiger partial charge in [-0.2, -0.15) is 23.4 Å². The Bertz CT molecular complexity index is 1660. The number of aliphatic hydroxyl groups excluding tert-OH is 3. The highest BCUT2D eigenvalue weighted by atomic mass is 35.5. The Morgan fingerprint density at radius 1 is 1.10 bits per heavy atom. The van der Waals surface area contributed by atoms with Crippen LogP contribution < -0.4 is 0 Å². The fourth-order valence-electron chi connectivity index (χ4n) is 4.87. The third kappa shape index (κ3) is 5.25. The number of benzene rings is 2. The molecule has 2 unspecified atom stereocenters. The van der Waals surface area contributed by atoms with Gasteiger partial charge in [-0.05, 0) is 42.8 Å². The number of nitrogens with zero attached hydrogens (tertiary/aromatic N) is 5. The fraction of sp³-hybridized carbons (Fsp3) is 0.296. The molecule has 2 aromatic heterocycles. The Labute approximate surface area is 239 Å². The maximum atomic E-state index is 14.3. The second-order valence-corrected chi connectivity index (χ2v) is 9.94. The zero-order valence-electron chi connectivity index (χ0n) is 21.5. The summed E-state index contributed by atoms with van der Waals surface area (Å²) in [5.74, 6) is -0.301. The minimum Gasteiger partial charge on any atom is -0.394 e. The van der Waals surface area contributed by atoms with E-state index in [0.29, 0.717) is 0 Å². The highest BCUT2D eigenvalue weighted by Gasteiger charge is 2.48. The third-order valence-corrected chi connectivity index (χ3v) is 7.04. The summed E-state index contributed by atoms with van der Waals surface area (Å²) in [5.41, 5.74) is -1.90. The van der Waals surface area contributed by atoms with Gasteiger partial charge < -0.3 is 20.1 Å². The highest BCUT2D eigenvalue weighted by molar-refractivity contribution is 6.30. The zero-order chi connectivity index (χ0) is 30.5. The first kappa shape index (κ1) is 29.6. The Kier molecular flexibility index (Phi) is 7.82. The van der Waals surface area contributed by atoms with Gasteiger partial charge in [-0.25, -0.2) is 18.4 Å². The molecular weight excluding hydrogens is 589 g/mol. The topological polar surface area (TPSA) is 118 Å². The number of alkyl halides is 3. The minimum atomic E-state index is -4.81. The van der Waals surface area contributed by atoms with Gasteiger partial charge in [0.1, 0.15) is 47.9 Å². The Morgan fingerprint density at radius 3 is 2.40 bits per heavy atom. The summed E-state index contributed by atoms with van der Waals surface area (Å²) < 4.78 is 77.9. The van der Waals surface area contributed by atoms with Gasteiger partial charge >= 0.3 is 6.18 Å². The molecule has 1 fully saturated rings. The van der Waals surface area contributed by atoms with Crippen LogP contribution in [-0.2, 0) is 10.9 Å². The van der Waals surface area contributed by atoms with E-state index in [9.17, 15) is 37.3 Å². The molecule has 220 valence electrons. The molecule has 3 heterocycles. The second-order valence-electron chi connectivity index (χ2n) is 9.51. The van der Waals surface area contributed by atoms with E-state index < -0.39 is 71.7 Å². The largest absolute Gasteiger partial charge is 0.418 e.